The molecule has 0 radical (unpaired) electrons. The van der Waals surface area contributed by atoms with Crippen LogP contribution in [0, 0.1) is 0 Å². The van der Waals surface area contributed by atoms with Crippen molar-refractivity contribution in [3.63, 3.8) is 0 Å². The Labute approximate surface area is 231 Å². The van der Waals surface area contributed by atoms with Crippen molar-refractivity contribution >= 4 is 67.7 Å². The van der Waals surface area contributed by atoms with E-state index in [4.69, 9.17) is 23.2 Å². The highest BCUT2D eigenvalue weighted by Crippen LogP contribution is 2.26. The molecule has 0 aromatic heterocycles. The maximum Gasteiger partial charge on any atom is 0.296 e. The van der Waals surface area contributed by atoms with Crippen LogP contribution in [0.5, 0.6) is 0 Å². The monoisotopic (exact) mass is 586 g/mol. The lowest BCUT2D eigenvalue weighted by Gasteiger charge is -2.04. The smallest absolute Gasteiger partial charge is 0.282 e. The van der Waals surface area contributed by atoms with Crippen molar-refractivity contribution in [2.75, 3.05) is 0 Å². The lowest BCUT2D eigenvalue weighted by Crippen LogP contribution is -1.99. The number of benzene rings is 4. The van der Waals surface area contributed by atoms with Gasteiger partial charge in [0, 0.05) is 0 Å². The third kappa shape index (κ3) is 6.99. The summed E-state index contributed by atoms with van der Waals surface area (Å²) in [6.45, 7) is 0. The summed E-state index contributed by atoms with van der Waals surface area (Å²) in [5.41, 5.74) is 4.92. The molecule has 0 atom stereocenters. The first-order valence-corrected chi connectivity index (χ1v) is 14.6. The van der Waals surface area contributed by atoms with E-state index >= 15 is 0 Å². The van der Waals surface area contributed by atoms with E-state index in [-0.39, 0.29) is 19.8 Å². The number of hydrogen-bond acceptors (Lipinski definition) is 4. The van der Waals surface area contributed by atoms with Crippen molar-refractivity contribution in [3.05, 3.63) is 117 Å². The minimum atomic E-state index is -4.41. The summed E-state index contributed by atoms with van der Waals surface area (Å²) >= 11 is 11.7. The third-order valence-electron chi connectivity index (χ3n) is 5.56. The van der Waals surface area contributed by atoms with Crippen LogP contribution in [0.2, 0.25) is 10.0 Å². The minimum absolute atomic E-state index is 0.0493. The van der Waals surface area contributed by atoms with E-state index in [1.807, 2.05) is 60.7 Å². The molecule has 0 bridgehead atoms. The van der Waals surface area contributed by atoms with E-state index in [9.17, 15) is 25.9 Å². The van der Waals surface area contributed by atoms with Gasteiger partial charge in [0.25, 0.3) is 20.2 Å². The van der Waals surface area contributed by atoms with Gasteiger partial charge < -0.3 is 0 Å². The Morgan fingerprint density at radius 1 is 0.474 bits per heavy atom. The quantitative estimate of drug-likeness (QED) is 0.171. The van der Waals surface area contributed by atoms with Crippen molar-refractivity contribution in [1.82, 2.24) is 0 Å². The van der Waals surface area contributed by atoms with Crippen molar-refractivity contribution in [3.8, 4) is 11.1 Å². The molecule has 10 heteroatoms. The zero-order chi connectivity index (χ0) is 27.5. The van der Waals surface area contributed by atoms with Crippen LogP contribution in [0.3, 0.4) is 0 Å². The summed E-state index contributed by atoms with van der Waals surface area (Å²) in [6.07, 6.45) is 7.08. The van der Waals surface area contributed by atoms with Gasteiger partial charge in [-0.25, -0.2) is 0 Å². The Morgan fingerprint density at radius 3 is 1.08 bits per heavy atom. The normalized spacial score (nSPS) is 12.4. The van der Waals surface area contributed by atoms with Gasteiger partial charge in [0.15, 0.2) is 0 Å². The molecule has 2 N–H and O–H groups in total. The number of halogens is 2. The van der Waals surface area contributed by atoms with Crippen LogP contribution in [0.4, 0.5) is 0 Å². The van der Waals surface area contributed by atoms with Crippen molar-refractivity contribution in [2.45, 2.75) is 9.79 Å². The van der Waals surface area contributed by atoms with Gasteiger partial charge in [-0.15, -0.1) is 0 Å². The highest BCUT2D eigenvalue weighted by atomic mass is 35.5. The van der Waals surface area contributed by atoms with Gasteiger partial charge in [-0.2, -0.15) is 16.8 Å². The molecule has 6 nitrogen and oxygen atoms in total. The predicted molar refractivity (Wildman–Crippen MR) is 152 cm³/mol. The summed E-state index contributed by atoms with van der Waals surface area (Å²) in [4.78, 5) is -0.683. The van der Waals surface area contributed by atoms with E-state index in [1.54, 1.807) is 24.3 Å². The Morgan fingerprint density at radius 2 is 0.763 bits per heavy atom. The molecule has 194 valence electrons. The average molecular weight is 588 g/mol. The zero-order valence-corrected chi connectivity index (χ0v) is 22.6. The Balaban J connectivity index is 1.46. The first-order chi connectivity index (χ1) is 17.9. The van der Waals surface area contributed by atoms with Gasteiger partial charge in [0.2, 0.25) is 0 Å². The standard InChI is InChI=1S/C28H20Cl2O6S2/c29-25-15-9-21(17-27(25)37(31,32)33)3-1-19-5-11-23(12-6-19)24-13-7-20(8-14-24)2-4-22-10-16-26(30)28(18-22)38(34,35)36/h1-18H,(H,31,32,33)(H,34,35,36)/b3-1+,4-2?. The molecule has 4 aromatic rings. The summed E-state index contributed by atoms with van der Waals surface area (Å²) in [5, 5.41) is -0.0986. The fourth-order valence-corrected chi connectivity index (χ4v) is 5.62. The average Bonchev–Trinajstić information content (AvgIpc) is 2.87. The molecule has 0 aliphatic rings. The van der Waals surface area contributed by atoms with Gasteiger partial charge in [-0.3, -0.25) is 9.11 Å². The predicted octanol–water partition coefficient (Wildman–Crippen LogP) is 7.49. The Kier molecular flexibility index (Phi) is 8.22. The minimum Gasteiger partial charge on any atom is -0.282 e. The third-order valence-corrected chi connectivity index (χ3v) is 8.23. The van der Waals surface area contributed by atoms with Gasteiger partial charge >= 0.3 is 0 Å². The maximum absolute atomic E-state index is 11.4. The van der Waals surface area contributed by atoms with Gasteiger partial charge in [0.05, 0.1) is 10.0 Å². The van der Waals surface area contributed by atoms with E-state index < -0.39 is 20.2 Å². The zero-order valence-electron chi connectivity index (χ0n) is 19.5. The van der Waals surface area contributed by atoms with Crippen LogP contribution in [-0.2, 0) is 20.2 Å². The molecule has 4 aromatic carbocycles. The largest absolute Gasteiger partial charge is 0.296 e. The summed E-state index contributed by atoms with van der Waals surface area (Å²) in [5.74, 6) is 0. The molecule has 0 saturated heterocycles. The molecule has 0 heterocycles. The molecule has 0 spiro atoms. The second-order valence-electron chi connectivity index (χ2n) is 8.24. The van der Waals surface area contributed by atoms with Crippen molar-refractivity contribution in [2.24, 2.45) is 0 Å². The molecule has 4 rings (SSSR count). The number of hydrogen-bond donors (Lipinski definition) is 2. The van der Waals surface area contributed by atoms with Crippen LogP contribution in [0.15, 0.2) is 94.7 Å². The van der Waals surface area contributed by atoms with Crippen LogP contribution in [-0.4, -0.2) is 25.9 Å². The van der Waals surface area contributed by atoms with E-state index in [1.165, 1.54) is 24.3 Å². The lowest BCUT2D eigenvalue weighted by molar-refractivity contribution is 0.481. The summed E-state index contributed by atoms with van der Waals surface area (Å²) in [6, 6.07) is 24.3. The van der Waals surface area contributed by atoms with Gasteiger partial charge in [-0.1, -0.05) is 108 Å². The van der Waals surface area contributed by atoms with Gasteiger partial charge in [0.1, 0.15) is 9.79 Å². The second kappa shape index (κ2) is 11.2. The molecule has 0 saturated carbocycles. The highest BCUT2D eigenvalue weighted by molar-refractivity contribution is 7.86. The lowest BCUT2D eigenvalue weighted by atomic mass is 10.0. The molecule has 0 aliphatic heterocycles. The molecule has 0 fully saturated rings. The van der Waals surface area contributed by atoms with Crippen LogP contribution >= 0.6 is 23.2 Å². The fraction of sp³-hybridized carbons (Fsp3) is 0. The molecule has 0 amide bonds. The topological polar surface area (TPSA) is 109 Å². The Hall–Kier alpha value is -3.24. The van der Waals surface area contributed by atoms with E-state index in [0.29, 0.717) is 11.1 Å². The van der Waals surface area contributed by atoms with E-state index in [0.717, 1.165) is 22.3 Å². The highest BCUT2D eigenvalue weighted by Gasteiger charge is 2.15. The molecular formula is C28H20Cl2O6S2. The summed E-state index contributed by atoms with van der Waals surface area (Å²) in [7, 11) is -8.82. The summed E-state index contributed by atoms with van der Waals surface area (Å²) < 4.78 is 64.3. The first kappa shape index (κ1) is 27.8. The van der Waals surface area contributed by atoms with Crippen molar-refractivity contribution in [1.29, 1.82) is 0 Å². The van der Waals surface area contributed by atoms with Crippen LogP contribution in [0.1, 0.15) is 22.3 Å². The fourth-order valence-electron chi connectivity index (χ4n) is 3.60. The van der Waals surface area contributed by atoms with Gasteiger partial charge in [-0.05, 0) is 57.6 Å². The first-order valence-electron chi connectivity index (χ1n) is 11.0. The molecule has 0 unspecified atom stereocenters. The van der Waals surface area contributed by atoms with Crippen LogP contribution in [0.25, 0.3) is 35.4 Å². The molecule has 0 aliphatic carbocycles. The van der Waals surface area contributed by atoms with Crippen LogP contribution < -0.4 is 0 Å². The SMILES string of the molecule is O=S(=O)(O)c1cc(C=Cc2ccc(-c3ccc(/C=C/c4ccc(Cl)c(S(=O)(=O)O)c4)cc3)cc2)ccc1Cl. The molecular weight excluding hydrogens is 567 g/mol. The Bertz CT molecular complexity index is 1630. The van der Waals surface area contributed by atoms with Crippen molar-refractivity contribution < 1.29 is 25.9 Å². The number of rotatable bonds is 7. The second-order valence-corrected chi connectivity index (χ2v) is 11.8. The maximum atomic E-state index is 11.4. The molecule has 38 heavy (non-hydrogen) atoms. The van der Waals surface area contributed by atoms with E-state index in [2.05, 4.69) is 0 Å².